The van der Waals surface area contributed by atoms with E-state index in [2.05, 4.69) is 10.7 Å². The molecule has 0 saturated heterocycles. The number of anilines is 2. The Morgan fingerprint density at radius 3 is 2.26 bits per heavy atom. The predicted octanol–water partition coefficient (Wildman–Crippen LogP) is 6.26. The van der Waals surface area contributed by atoms with Gasteiger partial charge in [-0.3, -0.25) is 10.8 Å². The second kappa shape index (κ2) is 11.9. The SMILES string of the molecule is CS(=O)(=O)c1ccccc1-c1ccc(NC(=O)N(Cc2ccc(C(F)(F)F)cc2)Nc2cccc(C(=N)N)c2)c(F)c1. The number of carbonyl (C=O) groups is 1. The van der Waals surface area contributed by atoms with Gasteiger partial charge < -0.3 is 11.1 Å². The van der Waals surface area contributed by atoms with Crippen molar-refractivity contribution in [2.45, 2.75) is 17.6 Å². The molecule has 4 aromatic rings. The standard InChI is InChI=1S/C29H25F4N5O3S/c1-42(40,41)26-8-3-2-7-23(26)19-11-14-25(24(30)16-19)36-28(39)38(37-22-6-4-5-20(15-22)27(34)35)17-18-9-12-21(13-10-18)29(31,32)33/h2-16,37H,17H2,1H3,(H3,34,35)(H,36,39). The van der Waals surface area contributed by atoms with Crippen molar-refractivity contribution in [3.8, 4) is 11.1 Å². The highest BCUT2D eigenvalue weighted by Crippen LogP contribution is 2.31. The number of nitrogens with two attached hydrogens (primary N) is 1. The van der Waals surface area contributed by atoms with Gasteiger partial charge >= 0.3 is 12.2 Å². The molecule has 0 bridgehead atoms. The lowest BCUT2D eigenvalue weighted by Crippen LogP contribution is -2.39. The molecule has 0 saturated carbocycles. The molecule has 0 fully saturated rings. The van der Waals surface area contributed by atoms with Gasteiger partial charge in [-0.1, -0.05) is 48.5 Å². The maximum Gasteiger partial charge on any atom is 0.416 e. The molecular weight excluding hydrogens is 574 g/mol. The van der Waals surface area contributed by atoms with Crippen LogP contribution in [0, 0.1) is 11.2 Å². The second-order valence-electron chi connectivity index (χ2n) is 9.28. The molecular formula is C29H25F4N5O3S. The van der Waals surface area contributed by atoms with Crippen molar-refractivity contribution in [1.82, 2.24) is 5.01 Å². The predicted molar refractivity (Wildman–Crippen MR) is 152 cm³/mol. The number of hydrogen-bond acceptors (Lipinski definition) is 5. The number of urea groups is 1. The van der Waals surface area contributed by atoms with Crippen LogP contribution in [0.5, 0.6) is 0 Å². The molecule has 0 aliphatic heterocycles. The average Bonchev–Trinajstić information content (AvgIpc) is 2.93. The number of halogens is 4. The van der Waals surface area contributed by atoms with Gasteiger partial charge in [-0.15, -0.1) is 0 Å². The summed E-state index contributed by atoms with van der Waals surface area (Å²) in [5.41, 5.74) is 8.87. The van der Waals surface area contributed by atoms with Crippen LogP contribution in [-0.2, 0) is 22.6 Å². The molecule has 0 radical (unpaired) electrons. The van der Waals surface area contributed by atoms with Gasteiger partial charge in [0.25, 0.3) is 0 Å². The van der Waals surface area contributed by atoms with Crippen molar-refractivity contribution in [2.75, 3.05) is 17.0 Å². The summed E-state index contributed by atoms with van der Waals surface area (Å²) in [7, 11) is -3.60. The van der Waals surface area contributed by atoms with Crippen LogP contribution in [0.15, 0.2) is 95.9 Å². The van der Waals surface area contributed by atoms with Crippen molar-refractivity contribution in [2.24, 2.45) is 5.73 Å². The molecule has 0 heterocycles. The zero-order valence-electron chi connectivity index (χ0n) is 22.0. The van der Waals surface area contributed by atoms with Gasteiger partial charge in [0.05, 0.1) is 28.4 Å². The van der Waals surface area contributed by atoms with Gasteiger partial charge in [0, 0.05) is 17.4 Å². The van der Waals surface area contributed by atoms with Crippen LogP contribution in [0.25, 0.3) is 11.1 Å². The normalized spacial score (nSPS) is 11.5. The molecule has 0 unspecified atom stereocenters. The number of amides is 2. The molecule has 13 heteroatoms. The van der Waals surface area contributed by atoms with Crippen molar-refractivity contribution < 1.29 is 30.8 Å². The third-order valence-corrected chi connectivity index (χ3v) is 7.27. The Balaban J connectivity index is 1.62. The van der Waals surface area contributed by atoms with Gasteiger partial charge in [-0.05, 0) is 53.6 Å². The summed E-state index contributed by atoms with van der Waals surface area (Å²) in [6.45, 7) is -0.226. The monoisotopic (exact) mass is 599 g/mol. The number of carbonyl (C=O) groups excluding carboxylic acids is 1. The highest BCUT2D eigenvalue weighted by atomic mass is 32.2. The van der Waals surface area contributed by atoms with Crippen LogP contribution in [-0.4, -0.2) is 31.5 Å². The van der Waals surface area contributed by atoms with E-state index in [1.54, 1.807) is 30.3 Å². The quantitative estimate of drug-likeness (QED) is 0.0823. The lowest BCUT2D eigenvalue weighted by molar-refractivity contribution is -0.137. The smallest absolute Gasteiger partial charge is 0.384 e. The summed E-state index contributed by atoms with van der Waals surface area (Å²) in [4.78, 5) is 13.3. The molecule has 218 valence electrons. The summed E-state index contributed by atoms with van der Waals surface area (Å²) in [5, 5.41) is 11.1. The van der Waals surface area contributed by atoms with Gasteiger partial charge in [-0.2, -0.15) is 13.2 Å². The maximum atomic E-state index is 15.2. The summed E-state index contributed by atoms with van der Waals surface area (Å²) in [6.07, 6.45) is -3.49. The molecule has 0 aromatic heterocycles. The molecule has 42 heavy (non-hydrogen) atoms. The first-order valence-corrected chi connectivity index (χ1v) is 14.2. The molecule has 5 N–H and O–H groups in total. The van der Waals surface area contributed by atoms with Gasteiger partial charge in [0.15, 0.2) is 9.84 Å². The summed E-state index contributed by atoms with van der Waals surface area (Å²) in [6, 6.07) is 19.5. The number of hydrogen-bond donors (Lipinski definition) is 4. The minimum absolute atomic E-state index is 0.0147. The zero-order valence-corrected chi connectivity index (χ0v) is 22.9. The van der Waals surface area contributed by atoms with E-state index in [-0.39, 0.29) is 34.1 Å². The van der Waals surface area contributed by atoms with E-state index >= 15 is 4.39 Å². The van der Waals surface area contributed by atoms with E-state index in [1.165, 1.54) is 42.5 Å². The Kier molecular flexibility index (Phi) is 8.52. The highest BCUT2D eigenvalue weighted by molar-refractivity contribution is 7.90. The van der Waals surface area contributed by atoms with E-state index in [0.717, 1.165) is 29.5 Å². The highest BCUT2D eigenvalue weighted by Gasteiger charge is 2.30. The number of alkyl halides is 3. The Hall–Kier alpha value is -4.91. The second-order valence-corrected chi connectivity index (χ2v) is 11.3. The number of rotatable bonds is 8. The number of hydrazine groups is 1. The zero-order chi connectivity index (χ0) is 30.7. The minimum atomic E-state index is -4.54. The molecule has 2 amide bonds. The number of nitrogens with one attached hydrogen (secondary N) is 3. The van der Waals surface area contributed by atoms with E-state index in [9.17, 15) is 26.4 Å². The van der Waals surface area contributed by atoms with Gasteiger partial charge in [0.2, 0.25) is 0 Å². The number of amidine groups is 1. The van der Waals surface area contributed by atoms with Crippen LogP contribution in [0.3, 0.4) is 0 Å². The van der Waals surface area contributed by atoms with Gasteiger partial charge in [-0.25, -0.2) is 22.6 Å². The molecule has 0 atom stereocenters. The molecule has 4 rings (SSSR count). The van der Waals surface area contributed by atoms with Crippen LogP contribution in [0.4, 0.5) is 33.7 Å². The van der Waals surface area contributed by atoms with Crippen LogP contribution < -0.4 is 16.5 Å². The van der Waals surface area contributed by atoms with E-state index < -0.39 is 33.4 Å². The van der Waals surface area contributed by atoms with Crippen LogP contribution >= 0.6 is 0 Å². The Bertz CT molecular complexity index is 1740. The summed E-state index contributed by atoms with van der Waals surface area (Å²) < 4.78 is 78.6. The molecule has 0 aliphatic carbocycles. The van der Waals surface area contributed by atoms with E-state index in [0.29, 0.717) is 16.8 Å². The Morgan fingerprint density at radius 2 is 1.64 bits per heavy atom. The number of nitrogens with zero attached hydrogens (tertiary/aromatic N) is 1. The van der Waals surface area contributed by atoms with Crippen molar-refractivity contribution in [3.05, 3.63) is 114 Å². The van der Waals surface area contributed by atoms with Crippen LogP contribution in [0.1, 0.15) is 16.7 Å². The van der Waals surface area contributed by atoms with Crippen molar-refractivity contribution in [3.63, 3.8) is 0 Å². The first-order valence-electron chi connectivity index (χ1n) is 12.3. The fourth-order valence-electron chi connectivity index (χ4n) is 4.05. The Labute approximate surface area is 239 Å². The third kappa shape index (κ3) is 7.23. The van der Waals surface area contributed by atoms with Crippen molar-refractivity contribution in [1.29, 1.82) is 5.41 Å². The first-order chi connectivity index (χ1) is 19.7. The average molecular weight is 600 g/mol. The fourth-order valence-corrected chi connectivity index (χ4v) is 4.96. The Morgan fingerprint density at radius 1 is 0.952 bits per heavy atom. The minimum Gasteiger partial charge on any atom is -0.384 e. The molecule has 0 aliphatic rings. The lowest BCUT2D eigenvalue weighted by atomic mass is 10.1. The van der Waals surface area contributed by atoms with Gasteiger partial charge in [0.1, 0.15) is 11.7 Å². The summed E-state index contributed by atoms with van der Waals surface area (Å²) >= 11 is 0. The van der Waals surface area contributed by atoms with E-state index in [4.69, 9.17) is 11.1 Å². The molecule has 8 nitrogen and oxygen atoms in total. The first kappa shape index (κ1) is 30.1. The van der Waals surface area contributed by atoms with E-state index in [1.807, 2.05) is 0 Å². The number of benzene rings is 4. The van der Waals surface area contributed by atoms with Crippen molar-refractivity contribution >= 4 is 33.1 Å². The molecule has 4 aromatic carbocycles. The summed E-state index contributed by atoms with van der Waals surface area (Å²) in [5.74, 6) is -1.07. The van der Waals surface area contributed by atoms with Crippen LogP contribution in [0.2, 0.25) is 0 Å². The largest absolute Gasteiger partial charge is 0.416 e. The fraction of sp³-hybridized carbons (Fsp3) is 0.103. The lowest BCUT2D eigenvalue weighted by Gasteiger charge is -2.25. The topological polar surface area (TPSA) is 128 Å². The number of nitrogen functional groups attached to an aromatic ring is 1. The maximum absolute atomic E-state index is 15.2. The third-order valence-electron chi connectivity index (χ3n) is 6.11. The number of sulfone groups is 1. The molecule has 0 spiro atoms.